The van der Waals surface area contributed by atoms with E-state index in [1.54, 1.807) is 0 Å². The molecule has 0 bridgehead atoms. The number of fused-ring (bicyclic) bond motifs is 1. The summed E-state index contributed by atoms with van der Waals surface area (Å²) in [5.74, 6) is 0. The van der Waals surface area contributed by atoms with E-state index in [0.717, 1.165) is 17.6 Å². The van der Waals surface area contributed by atoms with Gasteiger partial charge in [-0.2, -0.15) is 0 Å². The highest BCUT2D eigenvalue weighted by Crippen LogP contribution is 2.33. The Kier molecular flexibility index (Phi) is 2.03. The zero-order chi connectivity index (χ0) is 9.54. The lowest BCUT2D eigenvalue weighted by Crippen LogP contribution is -2.32. The molecule has 0 aromatic heterocycles. The molecule has 1 heterocycles. The predicted octanol–water partition coefficient (Wildman–Crippen LogP) is 2.86. The first-order valence-electron chi connectivity index (χ1n) is 5.35. The van der Waals surface area contributed by atoms with E-state index in [1.165, 1.54) is 36.9 Å². The molecule has 2 heteroatoms. The fourth-order valence-electron chi connectivity index (χ4n) is 2.31. The molecule has 1 aromatic rings. The standard InChI is InChI=1S/C12H14ClN/c13-12-3-1-2-9-6-7-14(8-11(9)12)10-4-5-10/h1-3,10H,4-8H2. The molecular formula is C12H14ClN. The van der Waals surface area contributed by atoms with Crippen molar-refractivity contribution in [2.45, 2.75) is 31.8 Å². The molecule has 1 aliphatic heterocycles. The summed E-state index contributed by atoms with van der Waals surface area (Å²) in [7, 11) is 0. The SMILES string of the molecule is Clc1cccc2c1CN(C1CC1)CC2. The maximum Gasteiger partial charge on any atom is 0.0453 e. The van der Waals surface area contributed by atoms with E-state index in [2.05, 4.69) is 17.0 Å². The van der Waals surface area contributed by atoms with Crippen LogP contribution in [-0.2, 0) is 13.0 Å². The molecule has 0 atom stereocenters. The van der Waals surface area contributed by atoms with Crippen LogP contribution in [0.15, 0.2) is 18.2 Å². The lowest BCUT2D eigenvalue weighted by atomic mass is 10.00. The van der Waals surface area contributed by atoms with E-state index in [9.17, 15) is 0 Å². The van der Waals surface area contributed by atoms with Gasteiger partial charge in [0.15, 0.2) is 0 Å². The summed E-state index contributed by atoms with van der Waals surface area (Å²) >= 11 is 6.21. The zero-order valence-corrected chi connectivity index (χ0v) is 8.93. The maximum absolute atomic E-state index is 6.21. The molecule has 1 aromatic carbocycles. The summed E-state index contributed by atoms with van der Waals surface area (Å²) in [5, 5.41) is 0.952. The summed E-state index contributed by atoms with van der Waals surface area (Å²) in [4.78, 5) is 2.58. The molecule has 14 heavy (non-hydrogen) atoms. The van der Waals surface area contributed by atoms with Crippen LogP contribution in [0.25, 0.3) is 0 Å². The first-order chi connectivity index (χ1) is 6.84. The third kappa shape index (κ3) is 1.45. The molecule has 74 valence electrons. The van der Waals surface area contributed by atoms with E-state index in [-0.39, 0.29) is 0 Å². The normalized spacial score (nSPS) is 22.1. The number of benzene rings is 1. The van der Waals surface area contributed by atoms with Crippen LogP contribution < -0.4 is 0 Å². The van der Waals surface area contributed by atoms with Gasteiger partial charge in [0, 0.05) is 24.2 Å². The highest BCUT2D eigenvalue weighted by Gasteiger charge is 2.31. The van der Waals surface area contributed by atoms with E-state index < -0.39 is 0 Å². The third-order valence-electron chi connectivity index (χ3n) is 3.31. The minimum atomic E-state index is 0.861. The van der Waals surface area contributed by atoms with Crippen LogP contribution in [-0.4, -0.2) is 17.5 Å². The zero-order valence-electron chi connectivity index (χ0n) is 8.17. The molecule has 0 unspecified atom stereocenters. The topological polar surface area (TPSA) is 3.24 Å². The Morgan fingerprint density at radius 1 is 1.29 bits per heavy atom. The Morgan fingerprint density at radius 2 is 2.14 bits per heavy atom. The van der Waals surface area contributed by atoms with E-state index in [1.807, 2.05) is 6.07 Å². The summed E-state index contributed by atoms with van der Waals surface area (Å²) in [6, 6.07) is 7.15. The van der Waals surface area contributed by atoms with Crippen molar-refractivity contribution in [1.29, 1.82) is 0 Å². The van der Waals surface area contributed by atoms with Gasteiger partial charge >= 0.3 is 0 Å². The van der Waals surface area contributed by atoms with Crippen LogP contribution in [0, 0.1) is 0 Å². The largest absolute Gasteiger partial charge is 0.296 e. The molecule has 0 amide bonds. The van der Waals surface area contributed by atoms with Crippen molar-refractivity contribution in [2.24, 2.45) is 0 Å². The Morgan fingerprint density at radius 3 is 2.93 bits per heavy atom. The number of rotatable bonds is 1. The molecular weight excluding hydrogens is 194 g/mol. The van der Waals surface area contributed by atoms with Gasteiger partial charge in [0.2, 0.25) is 0 Å². The number of halogens is 1. The minimum Gasteiger partial charge on any atom is -0.296 e. The van der Waals surface area contributed by atoms with Gasteiger partial charge in [0.1, 0.15) is 0 Å². The van der Waals surface area contributed by atoms with Crippen molar-refractivity contribution >= 4 is 11.6 Å². The average Bonchev–Trinajstić information content (AvgIpc) is 3.01. The summed E-state index contributed by atoms with van der Waals surface area (Å²) < 4.78 is 0. The van der Waals surface area contributed by atoms with Crippen molar-refractivity contribution in [3.8, 4) is 0 Å². The van der Waals surface area contributed by atoms with Crippen LogP contribution in [0.3, 0.4) is 0 Å². The van der Waals surface area contributed by atoms with Crippen LogP contribution in [0.2, 0.25) is 5.02 Å². The van der Waals surface area contributed by atoms with Gasteiger partial charge in [-0.05, 0) is 36.5 Å². The maximum atomic E-state index is 6.21. The highest BCUT2D eigenvalue weighted by molar-refractivity contribution is 6.31. The van der Waals surface area contributed by atoms with E-state index >= 15 is 0 Å². The average molecular weight is 208 g/mol. The number of hydrogen-bond donors (Lipinski definition) is 0. The fourth-order valence-corrected chi connectivity index (χ4v) is 2.57. The monoisotopic (exact) mass is 207 g/mol. The van der Waals surface area contributed by atoms with Crippen LogP contribution in [0.1, 0.15) is 24.0 Å². The second-order valence-electron chi connectivity index (χ2n) is 4.33. The van der Waals surface area contributed by atoms with Crippen molar-refractivity contribution in [3.63, 3.8) is 0 Å². The molecule has 1 fully saturated rings. The first-order valence-corrected chi connectivity index (χ1v) is 5.73. The van der Waals surface area contributed by atoms with Crippen molar-refractivity contribution in [1.82, 2.24) is 4.90 Å². The molecule has 0 N–H and O–H groups in total. The van der Waals surface area contributed by atoms with Crippen LogP contribution in [0.5, 0.6) is 0 Å². The second kappa shape index (κ2) is 3.25. The van der Waals surface area contributed by atoms with Crippen molar-refractivity contribution < 1.29 is 0 Å². The quantitative estimate of drug-likeness (QED) is 0.685. The molecule has 3 rings (SSSR count). The fraction of sp³-hybridized carbons (Fsp3) is 0.500. The van der Waals surface area contributed by atoms with Gasteiger partial charge in [0.05, 0.1) is 0 Å². The first kappa shape index (κ1) is 8.75. The predicted molar refractivity (Wildman–Crippen MR) is 58.6 cm³/mol. The lowest BCUT2D eigenvalue weighted by molar-refractivity contribution is 0.244. The number of nitrogens with zero attached hydrogens (tertiary/aromatic N) is 1. The smallest absolute Gasteiger partial charge is 0.0453 e. The molecule has 0 radical (unpaired) electrons. The van der Waals surface area contributed by atoms with Gasteiger partial charge in [-0.25, -0.2) is 0 Å². The van der Waals surface area contributed by atoms with Crippen molar-refractivity contribution in [3.05, 3.63) is 34.3 Å². The molecule has 2 aliphatic rings. The number of hydrogen-bond acceptors (Lipinski definition) is 1. The lowest BCUT2D eigenvalue weighted by Gasteiger charge is -2.29. The molecule has 1 saturated carbocycles. The van der Waals surface area contributed by atoms with Gasteiger partial charge in [-0.1, -0.05) is 23.7 Å². The molecule has 0 saturated heterocycles. The van der Waals surface area contributed by atoms with E-state index in [0.29, 0.717) is 0 Å². The summed E-state index contributed by atoms with van der Waals surface area (Å²) in [5.41, 5.74) is 2.82. The Hall–Kier alpha value is -0.530. The van der Waals surface area contributed by atoms with Gasteiger partial charge in [-0.15, -0.1) is 0 Å². The summed E-state index contributed by atoms with van der Waals surface area (Å²) in [6.07, 6.45) is 3.95. The molecule has 0 spiro atoms. The Bertz CT molecular complexity index is 357. The minimum absolute atomic E-state index is 0.861. The van der Waals surface area contributed by atoms with Crippen LogP contribution >= 0.6 is 11.6 Å². The molecule has 1 nitrogen and oxygen atoms in total. The summed E-state index contributed by atoms with van der Waals surface area (Å²) in [6.45, 7) is 2.29. The van der Waals surface area contributed by atoms with Crippen LogP contribution in [0.4, 0.5) is 0 Å². The molecule has 1 aliphatic carbocycles. The van der Waals surface area contributed by atoms with Gasteiger partial charge < -0.3 is 0 Å². The third-order valence-corrected chi connectivity index (χ3v) is 3.66. The van der Waals surface area contributed by atoms with E-state index in [4.69, 9.17) is 11.6 Å². The Balaban J connectivity index is 1.91. The second-order valence-corrected chi connectivity index (χ2v) is 4.74. The Labute approximate surface area is 89.7 Å². The van der Waals surface area contributed by atoms with Gasteiger partial charge in [-0.3, -0.25) is 4.90 Å². The van der Waals surface area contributed by atoms with Crippen molar-refractivity contribution in [2.75, 3.05) is 6.54 Å². The highest BCUT2D eigenvalue weighted by atomic mass is 35.5. The van der Waals surface area contributed by atoms with Gasteiger partial charge in [0.25, 0.3) is 0 Å².